The number of benzene rings is 1. The number of thiazole rings is 1. The molecule has 9 nitrogen and oxygen atoms in total. The molecule has 1 aliphatic rings. The van der Waals surface area contributed by atoms with Crippen molar-refractivity contribution in [2.24, 2.45) is 5.92 Å². The zero-order valence-corrected chi connectivity index (χ0v) is 19.9. The van der Waals surface area contributed by atoms with Crippen molar-refractivity contribution in [2.45, 2.75) is 26.3 Å². The minimum atomic E-state index is -0.328. The van der Waals surface area contributed by atoms with Gasteiger partial charge in [0.25, 0.3) is 5.56 Å². The first-order valence-electron chi connectivity index (χ1n) is 10.4. The molecule has 11 heteroatoms. The van der Waals surface area contributed by atoms with Crippen LogP contribution in [0.15, 0.2) is 39.9 Å². The molecule has 32 heavy (non-hydrogen) atoms. The van der Waals surface area contributed by atoms with Crippen molar-refractivity contribution in [1.82, 2.24) is 19.9 Å². The number of nitrogens with one attached hydrogen (secondary N) is 2. The summed E-state index contributed by atoms with van der Waals surface area (Å²) in [6.45, 7) is 3.70. The summed E-state index contributed by atoms with van der Waals surface area (Å²) in [4.78, 5) is 48.5. The van der Waals surface area contributed by atoms with Gasteiger partial charge >= 0.3 is 0 Å². The fraction of sp³-hybridized carbons (Fsp3) is 0.381. The van der Waals surface area contributed by atoms with Gasteiger partial charge in [0.2, 0.25) is 11.8 Å². The molecule has 1 atom stereocenters. The normalized spacial score (nSPS) is 16.2. The van der Waals surface area contributed by atoms with E-state index in [1.807, 2.05) is 30.0 Å². The van der Waals surface area contributed by atoms with Gasteiger partial charge in [-0.05, 0) is 47.8 Å². The second kappa shape index (κ2) is 9.78. The van der Waals surface area contributed by atoms with Crippen LogP contribution in [0.2, 0.25) is 0 Å². The van der Waals surface area contributed by atoms with E-state index in [2.05, 4.69) is 36.5 Å². The molecule has 3 heterocycles. The van der Waals surface area contributed by atoms with Crippen molar-refractivity contribution in [2.75, 3.05) is 29.9 Å². The highest BCUT2D eigenvalue weighted by Crippen LogP contribution is 2.29. The van der Waals surface area contributed by atoms with Crippen molar-refractivity contribution in [3.05, 3.63) is 45.4 Å². The Bertz CT molecular complexity index is 1210. The molecule has 1 aromatic carbocycles. The molecular formula is C21H23BrN6O3S. The zero-order valence-electron chi connectivity index (χ0n) is 17.5. The number of halogens is 1. The van der Waals surface area contributed by atoms with Crippen LogP contribution in [-0.2, 0) is 16.1 Å². The molecule has 1 unspecified atom stereocenters. The lowest BCUT2D eigenvalue weighted by atomic mass is 9.97. The number of anilines is 2. The van der Waals surface area contributed by atoms with Gasteiger partial charge < -0.3 is 15.5 Å². The molecule has 168 valence electrons. The quantitative estimate of drug-likeness (QED) is 0.519. The number of hydrogen-bond acceptors (Lipinski definition) is 7. The standard InChI is InChI=1S/C21H23BrN6O3S/c1-2-23-19(30)13-6-5-9-27(10-13)21-26-18-17(32-21)20(31)28(12-24-18)11-16(29)25-15-8-4-3-7-14(15)22/h3-4,7-8,12-13H,2,5-6,9-11H2,1H3,(H,23,30)(H,25,29). The van der Waals surface area contributed by atoms with Gasteiger partial charge in [-0.15, -0.1) is 0 Å². The number of piperidine rings is 1. The fourth-order valence-corrected chi connectivity index (χ4v) is 5.06. The Morgan fingerprint density at radius 3 is 2.91 bits per heavy atom. The molecule has 0 saturated carbocycles. The van der Waals surface area contributed by atoms with E-state index < -0.39 is 0 Å². The van der Waals surface area contributed by atoms with Crippen LogP contribution >= 0.6 is 27.3 Å². The van der Waals surface area contributed by atoms with E-state index in [0.29, 0.717) is 34.3 Å². The van der Waals surface area contributed by atoms with E-state index in [1.165, 1.54) is 22.2 Å². The third-order valence-electron chi connectivity index (χ3n) is 5.25. The number of rotatable bonds is 6. The molecule has 2 aromatic heterocycles. The molecule has 0 aliphatic carbocycles. The molecule has 0 radical (unpaired) electrons. The lowest BCUT2D eigenvalue weighted by molar-refractivity contribution is -0.125. The molecule has 2 amide bonds. The number of carbonyl (C=O) groups is 2. The first kappa shape index (κ1) is 22.4. The number of fused-ring (bicyclic) bond motifs is 1. The van der Waals surface area contributed by atoms with Crippen LogP contribution in [0.4, 0.5) is 10.8 Å². The predicted molar refractivity (Wildman–Crippen MR) is 128 cm³/mol. The maximum atomic E-state index is 13.0. The minimum Gasteiger partial charge on any atom is -0.356 e. The highest BCUT2D eigenvalue weighted by molar-refractivity contribution is 9.10. The van der Waals surface area contributed by atoms with E-state index in [4.69, 9.17) is 0 Å². The van der Waals surface area contributed by atoms with Crippen LogP contribution in [0.3, 0.4) is 0 Å². The van der Waals surface area contributed by atoms with Crippen LogP contribution in [-0.4, -0.2) is 46.0 Å². The summed E-state index contributed by atoms with van der Waals surface area (Å²) in [5.74, 6) is -0.373. The lowest BCUT2D eigenvalue weighted by Gasteiger charge is -2.31. The van der Waals surface area contributed by atoms with Gasteiger partial charge in [-0.25, -0.2) is 4.98 Å². The fourth-order valence-electron chi connectivity index (χ4n) is 3.67. The number of nitrogens with zero attached hydrogens (tertiary/aromatic N) is 4. The molecule has 4 rings (SSSR count). The van der Waals surface area contributed by atoms with Crippen LogP contribution < -0.4 is 21.1 Å². The van der Waals surface area contributed by atoms with E-state index in [9.17, 15) is 14.4 Å². The van der Waals surface area contributed by atoms with Crippen molar-refractivity contribution < 1.29 is 9.59 Å². The average molecular weight is 519 g/mol. The first-order valence-corrected chi connectivity index (χ1v) is 12.0. The van der Waals surface area contributed by atoms with Crippen molar-refractivity contribution >= 4 is 60.2 Å². The van der Waals surface area contributed by atoms with E-state index in [1.54, 1.807) is 6.07 Å². The maximum absolute atomic E-state index is 13.0. The highest BCUT2D eigenvalue weighted by atomic mass is 79.9. The molecule has 1 aliphatic heterocycles. The smallest absolute Gasteiger partial charge is 0.273 e. The molecule has 0 bridgehead atoms. The third-order valence-corrected chi connectivity index (χ3v) is 7.03. The largest absolute Gasteiger partial charge is 0.356 e. The molecule has 0 spiro atoms. The monoisotopic (exact) mass is 518 g/mol. The van der Waals surface area contributed by atoms with E-state index >= 15 is 0 Å². The van der Waals surface area contributed by atoms with Crippen LogP contribution in [0, 0.1) is 5.92 Å². The van der Waals surface area contributed by atoms with Crippen molar-refractivity contribution in [3.8, 4) is 0 Å². The topological polar surface area (TPSA) is 109 Å². The zero-order chi connectivity index (χ0) is 22.7. The summed E-state index contributed by atoms with van der Waals surface area (Å²) < 4.78 is 2.44. The minimum absolute atomic E-state index is 0.0508. The van der Waals surface area contributed by atoms with Gasteiger partial charge in [-0.3, -0.25) is 19.0 Å². The van der Waals surface area contributed by atoms with Gasteiger partial charge in [0.15, 0.2) is 10.8 Å². The molecule has 1 fully saturated rings. The predicted octanol–water partition coefficient (Wildman–Crippen LogP) is 2.61. The van der Waals surface area contributed by atoms with Crippen LogP contribution in [0.5, 0.6) is 0 Å². The Morgan fingerprint density at radius 2 is 2.12 bits per heavy atom. The Balaban J connectivity index is 1.51. The summed E-state index contributed by atoms with van der Waals surface area (Å²) >= 11 is 4.64. The Labute approximate surface area is 197 Å². The third kappa shape index (κ3) is 4.83. The second-order valence-corrected chi connectivity index (χ2v) is 9.37. The van der Waals surface area contributed by atoms with Gasteiger partial charge in [0.1, 0.15) is 17.6 Å². The molecule has 2 N–H and O–H groups in total. The van der Waals surface area contributed by atoms with Gasteiger partial charge in [0.05, 0.1) is 11.6 Å². The number of aromatic nitrogens is 3. The van der Waals surface area contributed by atoms with Crippen LogP contribution in [0.1, 0.15) is 19.8 Å². The first-order chi connectivity index (χ1) is 15.5. The molecular weight excluding hydrogens is 496 g/mol. The number of hydrogen-bond donors (Lipinski definition) is 2. The van der Waals surface area contributed by atoms with Gasteiger partial charge in [0, 0.05) is 24.1 Å². The summed E-state index contributed by atoms with van der Waals surface area (Å²) in [5.41, 5.74) is 0.683. The maximum Gasteiger partial charge on any atom is 0.273 e. The summed E-state index contributed by atoms with van der Waals surface area (Å²) in [6.07, 6.45) is 3.07. The number of para-hydroxylation sites is 1. The molecule has 3 aromatic rings. The van der Waals surface area contributed by atoms with Crippen molar-refractivity contribution in [3.63, 3.8) is 0 Å². The average Bonchev–Trinajstić information content (AvgIpc) is 3.23. The lowest BCUT2D eigenvalue weighted by Crippen LogP contribution is -2.43. The second-order valence-electron chi connectivity index (χ2n) is 7.53. The summed E-state index contributed by atoms with van der Waals surface area (Å²) in [5, 5.41) is 6.34. The van der Waals surface area contributed by atoms with Gasteiger partial charge in [-0.1, -0.05) is 23.5 Å². The number of amides is 2. The Kier molecular flexibility index (Phi) is 6.85. The van der Waals surface area contributed by atoms with E-state index in [0.717, 1.165) is 23.9 Å². The van der Waals surface area contributed by atoms with E-state index in [-0.39, 0.29) is 29.8 Å². The number of carbonyl (C=O) groups excluding carboxylic acids is 2. The van der Waals surface area contributed by atoms with Crippen molar-refractivity contribution in [1.29, 1.82) is 0 Å². The van der Waals surface area contributed by atoms with Crippen LogP contribution in [0.25, 0.3) is 10.3 Å². The van der Waals surface area contributed by atoms with Gasteiger partial charge in [-0.2, -0.15) is 4.98 Å². The summed E-state index contributed by atoms with van der Waals surface area (Å²) in [6, 6.07) is 7.26. The molecule has 1 saturated heterocycles. The highest BCUT2D eigenvalue weighted by Gasteiger charge is 2.27. The Hall–Kier alpha value is -2.79. The Morgan fingerprint density at radius 1 is 1.31 bits per heavy atom. The SMILES string of the molecule is CCNC(=O)C1CCCN(c2nc3ncn(CC(=O)Nc4ccccc4Br)c(=O)c3s2)C1. The summed E-state index contributed by atoms with van der Waals surface area (Å²) in [7, 11) is 0.